The zero-order chi connectivity index (χ0) is 27.2. The molecule has 0 aromatic rings. The normalized spacial score (nSPS) is 14.6. The monoisotopic (exact) mass is 517 g/mol. The third-order valence-electron chi connectivity index (χ3n) is 5.14. The highest BCUT2D eigenvalue weighted by Crippen LogP contribution is 2.07. The largest absolute Gasteiger partial charge is 0.466 e. The highest BCUT2D eigenvalue weighted by atomic mass is 16.7. The molecule has 0 atom stereocenters. The summed E-state index contributed by atoms with van der Waals surface area (Å²) in [5, 5.41) is 3.37. The van der Waals surface area contributed by atoms with Crippen LogP contribution in [0.1, 0.15) is 79.1 Å². The average Bonchev–Trinajstić information content (AvgIpc) is 2.84. The SMILES string of the molecule is CCC(=O)OCCCN(C)CCCOC(=O)CC.CCC(=O)ON1CCC1.CCC(=O)ON1CCC1. The highest BCUT2D eigenvalue weighted by Gasteiger charge is 2.17. The van der Waals surface area contributed by atoms with Gasteiger partial charge in [0.05, 0.1) is 13.2 Å². The molecule has 2 rings (SSSR count). The summed E-state index contributed by atoms with van der Waals surface area (Å²) in [6, 6.07) is 0. The van der Waals surface area contributed by atoms with Crippen LogP contribution in [0, 0.1) is 0 Å². The maximum Gasteiger partial charge on any atom is 0.324 e. The van der Waals surface area contributed by atoms with Gasteiger partial charge >= 0.3 is 23.9 Å². The molecule has 36 heavy (non-hydrogen) atoms. The van der Waals surface area contributed by atoms with Crippen molar-refractivity contribution in [3.63, 3.8) is 0 Å². The number of hydrogen-bond donors (Lipinski definition) is 0. The number of rotatable bonds is 14. The third-order valence-corrected chi connectivity index (χ3v) is 5.14. The van der Waals surface area contributed by atoms with E-state index in [1.807, 2.05) is 7.05 Å². The Balaban J connectivity index is 0.000000564. The number of carbonyl (C=O) groups excluding carboxylic acids is 4. The molecule has 0 unspecified atom stereocenters. The summed E-state index contributed by atoms with van der Waals surface area (Å²) in [6.45, 7) is 13.5. The van der Waals surface area contributed by atoms with Gasteiger partial charge in [-0.1, -0.05) is 27.7 Å². The Morgan fingerprint density at radius 2 is 0.944 bits per heavy atom. The number of esters is 2. The van der Waals surface area contributed by atoms with E-state index in [1.165, 1.54) is 0 Å². The average molecular weight is 518 g/mol. The van der Waals surface area contributed by atoms with Crippen LogP contribution in [0.4, 0.5) is 0 Å². The Hall–Kier alpha value is -2.24. The summed E-state index contributed by atoms with van der Waals surface area (Å²) in [7, 11) is 2.00. The smallest absolute Gasteiger partial charge is 0.324 e. The Labute approximate surface area is 216 Å². The van der Waals surface area contributed by atoms with Crippen molar-refractivity contribution in [2.45, 2.75) is 79.1 Å². The third kappa shape index (κ3) is 19.0. The molecule has 11 heteroatoms. The number of hydroxylamine groups is 4. The molecule has 2 aliphatic rings. The lowest BCUT2D eigenvalue weighted by Gasteiger charge is -2.28. The molecule has 0 spiro atoms. The van der Waals surface area contributed by atoms with Gasteiger partial charge in [0.1, 0.15) is 0 Å². The Bertz CT molecular complexity index is 572. The van der Waals surface area contributed by atoms with E-state index in [4.69, 9.17) is 19.1 Å². The first-order valence-electron chi connectivity index (χ1n) is 13.2. The minimum absolute atomic E-state index is 0.130. The molecule has 0 aliphatic carbocycles. The first kappa shape index (κ1) is 33.8. The van der Waals surface area contributed by atoms with Crippen LogP contribution in [0.15, 0.2) is 0 Å². The van der Waals surface area contributed by atoms with E-state index < -0.39 is 0 Å². The lowest BCUT2D eigenvalue weighted by atomic mass is 10.3. The van der Waals surface area contributed by atoms with Crippen molar-refractivity contribution in [2.75, 3.05) is 59.5 Å². The van der Waals surface area contributed by atoms with E-state index in [1.54, 1.807) is 37.8 Å². The molecule has 0 N–H and O–H groups in total. The fraction of sp³-hybridized carbons (Fsp3) is 0.840. The molecule has 210 valence electrons. The number of carbonyl (C=O) groups is 4. The van der Waals surface area contributed by atoms with Crippen LogP contribution < -0.4 is 0 Å². The second-order valence-corrected chi connectivity index (χ2v) is 8.36. The quantitative estimate of drug-likeness (QED) is 0.250. The predicted octanol–water partition coefficient (Wildman–Crippen LogP) is 2.73. The minimum atomic E-state index is -0.149. The van der Waals surface area contributed by atoms with Gasteiger partial charge in [-0.15, -0.1) is 10.1 Å². The van der Waals surface area contributed by atoms with Gasteiger partial charge < -0.3 is 24.0 Å². The zero-order valence-electron chi connectivity index (χ0n) is 22.9. The van der Waals surface area contributed by atoms with E-state index in [2.05, 4.69) is 4.90 Å². The molecule has 2 aliphatic heterocycles. The van der Waals surface area contributed by atoms with Crippen LogP contribution in [0.3, 0.4) is 0 Å². The molecule has 2 saturated heterocycles. The minimum Gasteiger partial charge on any atom is -0.466 e. The van der Waals surface area contributed by atoms with Gasteiger partial charge in [-0.05, 0) is 32.7 Å². The van der Waals surface area contributed by atoms with E-state index in [-0.39, 0.29) is 23.9 Å². The zero-order valence-corrected chi connectivity index (χ0v) is 22.9. The molecule has 0 saturated carbocycles. The molecular formula is C25H47N3O8. The van der Waals surface area contributed by atoms with Crippen LogP contribution in [-0.2, 0) is 38.3 Å². The maximum absolute atomic E-state index is 10.9. The van der Waals surface area contributed by atoms with Gasteiger partial charge in [-0.2, -0.15) is 0 Å². The van der Waals surface area contributed by atoms with E-state index >= 15 is 0 Å². The van der Waals surface area contributed by atoms with Crippen LogP contribution in [0.25, 0.3) is 0 Å². The summed E-state index contributed by atoms with van der Waals surface area (Å²) < 4.78 is 9.96. The molecule has 0 bridgehead atoms. The number of hydrogen-bond acceptors (Lipinski definition) is 11. The molecule has 2 heterocycles. The van der Waals surface area contributed by atoms with Crippen molar-refractivity contribution in [1.29, 1.82) is 0 Å². The van der Waals surface area contributed by atoms with Crippen LogP contribution >= 0.6 is 0 Å². The van der Waals surface area contributed by atoms with E-state index in [0.29, 0.717) is 38.9 Å². The second kappa shape index (κ2) is 22.0. The summed E-state index contributed by atoms with van der Waals surface area (Å²) in [6.07, 6.45) is 5.76. The molecule has 0 aromatic carbocycles. The van der Waals surface area contributed by atoms with Gasteiger partial charge in [0.15, 0.2) is 0 Å². The van der Waals surface area contributed by atoms with Crippen molar-refractivity contribution in [3.8, 4) is 0 Å². The van der Waals surface area contributed by atoms with Crippen LogP contribution in [-0.4, -0.2) is 98.4 Å². The molecular weight excluding hydrogens is 470 g/mol. The highest BCUT2D eigenvalue weighted by molar-refractivity contribution is 5.69. The van der Waals surface area contributed by atoms with Crippen molar-refractivity contribution in [3.05, 3.63) is 0 Å². The first-order chi connectivity index (χ1) is 17.2. The van der Waals surface area contributed by atoms with Crippen LogP contribution in [0.5, 0.6) is 0 Å². The first-order valence-corrected chi connectivity index (χ1v) is 13.2. The van der Waals surface area contributed by atoms with E-state index in [0.717, 1.165) is 65.0 Å². The fourth-order valence-corrected chi connectivity index (χ4v) is 2.53. The Morgan fingerprint density at radius 1 is 0.611 bits per heavy atom. The van der Waals surface area contributed by atoms with Crippen molar-refractivity contribution in [2.24, 2.45) is 0 Å². The van der Waals surface area contributed by atoms with Crippen molar-refractivity contribution < 1.29 is 38.3 Å². The lowest BCUT2D eigenvalue weighted by molar-refractivity contribution is -0.207. The topological polar surface area (TPSA) is 115 Å². The molecule has 0 aromatic heterocycles. The van der Waals surface area contributed by atoms with Gasteiger partial charge in [0.25, 0.3) is 0 Å². The standard InChI is InChI=1S/C13H25NO4.2C6H11NO2/c1-4-12(15)17-10-6-8-14(3)9-7-11-18-13(16)5-2;2*1-2-6(8)9-7-4-3-5-7/h4-11H2,1-3H3;2*2-5H2,1H3. The summed E-state index contributed by atoms with van der Waals surface area (Å²) in [5.74, 6) is -0.558. The van der Waals surface area contributed by atoms with Gasteiger partial charge in [0, 0.05) is 65.0 Å². The number of nitrogens with zero attached hydrogens (tertiary/aromatic N) is 3. The molecule has 11 nitrogen and oxygen atoms in total. The van der Waals surface area contributed by atoms with Gasteiger partial charge in [-0.25, -0.2) is 0 Å². The lowest BCUT2D eigenvalue weighted by Crippen LogP contribution is -2.38. The van der Waals surface area contributed by atoms with Gasteiger partial charge in [-0.3, -0.25) is 19.2 Å². The Morgan fingerprint density at radius 3 is 1.19 bits per heavy atom. The molecule has 0 amide bonds. The van der Waals surface area contributed by atoms with Gasteiger partial charge in [0.2, 0.25) is 0 Å². The van der Waals surface area contributed by atoms with Crippen molar-refractivity contribution >= 4 is 23.9 Å². The van der Waals surface area contributed by atoms with Crippen LogP contribution in [0.2, 0.25) is 0 Å². The summed E-state index contributed by atoms with van der Waals surface area (Å²) in [5.41, 5.74) is 0. The fourth-order valence-electron chi connectivity index (χ4n) is 2.53. The predicted molar refractivity (Wildman–Crippen MR) is 134 cm³/mol. The molecule has 2 fully saturated rings. The Kier molecular flexibility index (Phi) is 20.6. The molecule has 0 radical (unpaired) electrons. The van der Waals surface area contributed by atoms with Crippen molar-refractivity contribution in [1.82, 2.24) is 15.0 Å². The summed E-state index contributed by atoms with van der Waals surface area (Å²) >= 11 is 0. The summed E-state index contributed by atoms with van der Waals surface area (Å²) in [4.78, 5) is 54.7. The second-order valence-electron chi connectivity index (χ2n) is 8.36. The van der Waals surface area contributed by atoms with E-state index in [9.17, 15) is 19.2 Å². The maximum atomic E-state index is 10.9. The number of ether oxygens (including phenoxy) is 2.